The van der Waals surface area contributed by atoms with Crippen molar-refractivity contribution in [2.24, 2.45) is 0 Å². The van der Waals surface area contributed by atoms with Gasteiger partial charge in [0.25, 0.3) is 0 Å². The molecule has 6 heteroatoms. The Labute approximate surface area is 177 Å². The number of hydrogen-bond acceptors (Lipinski definition) is 4. The number of para-hydroxylation sites is 1. The predicted molar refractivity (Wildman–Crippen MR) is 116 cm³/mol. The van der Waals surface area contributed by atoms with E-state index in [2.05, 4.69) is 4.90 Å². The number of piperazine rings is 1. The van der Waals surface area contributed by atoms with Gasteiger partial charge in [-0.1, -0.05) is 30.7 Å². The molecule has 0 saturated carbocycles. The number of Topliss-reactive ketones (excluding diaryl/α,β-unsaturated/α-hetero) is 1. The molecular formula is C23H27ClN2O3. The Hall–Kier alpha value is -2.53. The van der Waals surface area contributed by atoms with Crippen molar-refractivity contribution in [2.75, 3.05) is 37.7 Å². The lowest BCUT2D eigenvalue weighted by atomic mass is 10.1. The molecule has 0 N–H and O–H groups in total. The first-order chi connectivity index (χ1) is 14.1. The fourth-order valence-electron chi connectivity index (χ4n) is 3.38. The van der Waals surface area contributed by atoms with E-state index >= 15 is 0 Å². The summed E-state index contributed by atoms with van der Waals surface area (Å²) in [6.45, 7) is 5.46. The van der Waals surface area contributed by atoms with Gasteiger partial charge < -0.3 is 14.5 Å². The number of amides is 1. The summed E-state index contributed by atoms with van der Waals surface area (Å²) in [5.74, 6) is 0.769. The number of ether oxygens (including phenoxy) is 1. The molecule has 0 unspecified atom stereocenters. The lowest BCUT2D eigenvalue weighted by molar-refractivity contribution is -0.131. The maximum absolute atomic E-state index is 12.5. The highest BCUT2D eigenvalue weighted by atomic mass is 35.5. The van der Waals surface area contributed by atoms with Crippen LogP contribution in [0.15, 0.2) is 48.5 Å². The van der Waals surface area contributed by atoms with Crippen LogP contribution >= 0.6 is 11.6 Å². The Kier molecular flexibility index (Phi) is 7.53. The van der Waals surface area contributed by atoms with Gasteiger partial charge in [-0.3, -0.25) is 9.59 Å². The van der Waals surface area contributed by atoms with E-state index in [9.17, 15) is 9.59 Å². The number of halogens is 1. The van der Waals surface area contributed by atoms with Crippen molar-refractivity contribution in [3.63, 3.8) is 0 Å². The van der Waals surface area contributed by atoms with Crippen molar-refractivity contribution >= 4 is 29.0 Å². The second-order valence-corrected chi connectivity index (χ2v) is 7.52. The van der Waals surface area contributed by atoms with Crippen LogP contribution in [0.3, 0.4) is 0 Å². The van der Waals surface area contributed by atoms with Gasteiger partial charge in [-0.25, -0.2) is 0 Å². The highest BCUT2D eigenvalue weighted by Gasteiger charge is 2.22. The summed E-state index contributed by atoms with van der Waals surface area (Å²) < 4.78 is 5.53. The molecule has 1 aliphatic rings. The van der Waals surface area contributed by atoms with Crippen LogP contribution in [0.1, 0.15) is 36.5 Å². The minimum Gasteiger partial charge on any atom is -0.494 e. The van der Waals surface area contributed by atoms with Crippen LogP contribution in [0.25, 0.3) is 0 Å². The molecule has 0 bridgehead atoms. The molecule has 2 aromatic rings. The van der Waals surface area contributed by atoms with E-state index in [1.54, 1.807) is 24.3 Å². The number of benzene rings is 2. The monoisotopic (exact) mass is 414 g/mol. The number of carbonyl (C=O) groups is 2. The molecule has 154 valence electrons. The molecule has 0 aliphatic carbocycles. The van der Waals surface area contributed by atoms with Crippen molar-refractivity contribution in [3.8, 4) is 5.75 Å². The van der Waals surface area contributed by atoms with E-state index in [1.807, 2.05) is 36.1 Å². The maximum Gasteiger partial charge on any atom is 0.223 e. The third kappa shape index (κ3) is 5.73. The van der Waals surface area contributed by atoms with Gasteiger partial charge in [-0.05, 0) is 42.8 Å². The predicted octanol–water partition coefficient (Wildman–Crippen LogP) is 4.44. The maximum atomic E-state index is 12.5. The molecule has 0 atom stereocenters. The normalized spacial score (nSPS) is 14.0. The zero-order chi connectivity index (χ0) is 20.6. The molecule has 3 rings (SSSR count). The molecule has 0 spiro atoms. The Balaban J connectivity index is 1.45. The van der Waals surface area contributed by atoms with E-state index in [4.69, 9.17) is 16.3 Å². The van der Waals surface area contributed by atoms with E-state index < -0.39 is 0 Å². The van der Waals surface area contributed by atoms with E-state index in [0.29, 0.717) is 25.3 Å². The topological polar surface area (TPSA) is 49.9 Å². The van der Waals surface area contributed by atoms with Crippen molar-refractivity contribution in [2.45, 2.75) is 26.2 Å². The fraction of sp³-hybridized carbons (Fsp3) is 0.391. The zero-order valence-corrected chi connectivity index (χ0v) is 17.5. The molecular weight excluding hydrogens is 388 g/mol. The molecule has 1 saturated heterocycles. The first-order valence-corrected chi connectivity index (χ1v) is 10.5. The summed E-state index contributed by atoms with van der Waals surface area (Å²) in [5.41, 5.74) is 1.62. The molecule has 1 amide bonds. The van der Waals surface area contributed by atoms with Crippen LogP contribution in [0, 0.1) is 0 Å². The second kappa shape index (κ2) is 10.3. The van der Waals surface area contributed by atoms with E-state index in [1.165, 1.54) is 0 Å². The molecule has 1 heterocycles. The largest absolute Gasteiger partial charge is 0.494 e. The van der Waals surface area contributed by atoms with Gasteiger partial charge in [-0.15, -0.1) is 0 Å². The first kappa shape index (κ1) is 21.2. The fourth-order valence-corrected chi connectivity index (χ4v) is 3.64. The number of anilines is 1. The van der Waals surface area contributed by atoms with Crippen molar-refractivity contribution in [1.82, 2.24) is 4.90 Å². The second-order valence-electron chi connectivity index (χ2n) is 7.12. The van der Waals surface area contributed by atoms with Crippen LogP contribution in [-0.4, -0.2) is 49.4 Å². The van der Waals surface area contributed by atoms with Crippen LogP contribution in [0.5, 0.6) is 5.75 Å². The van der Waals surface area contributed by atoms with Crippen molar-refractivity contribution < 1.29 is 14.3 Å². The van der Waals surface area contributed by atoms with Crippen LogP contribution in [-0.2, 0) is 4.79 Å². The highest BCUT2D eigenvalue weighted by molar-refractivity contribution is 6.33. The number of carbonyl (C=O) groups excluding carboxylic acids is 2. The average Bonchev–Trinajstić information content (AvgIpc) is 2.76. The van der Waals surface area contributed by atoms with E-state index in [-0.39, 0.29) is 24.5 Å². The number of rotatable bonds is 8. The molecule has 0 aromatic heterocycles. The smallest absolute Gasteiger partial charge is 0.223 e. The van der Waals surface area contributed by atoms with Crippen molar-refractivity contribution in [1.29, 1.82) is 0 Å². The minimum atomic E-state index is -0.0184. The summed E-state index contributed by atoms with van der Waals surface area (Å²) in [7, 11) is 0. The molecule has 29 heavy (non-hydrogen) atoms. The average molecular weight is 415 g/mol. The zero-order valence-electron chi connectivity index (χ0n) is 16.8. The van der Waals surface area contributed by atoms with Gasteiger partial charge in [0.1, 0.15) is 5.75 Å². The van der Waals surface area contributed by atoms with Crippen LogP contribution in [0.4, 0.5) is 5.69 Å². The van der Waals surface area contributed by atoms with Gasteiger partial charge in [0.05, 0.1) is 17.3 Å². The standard InChI is InChI=1S/C23H27ClN2O3/c1-2-17-29-19-9-7-18(8-10-19)22(27)11-12-23(28)26-15-13-25(14-16-26)21-6-4-3-5-20(21)24/h3-10H,2,11-17H2,1H3. The molecule has 0 radical (unpaired) electrons. The molecule has 1 aliphatic heterocycles. The summed E-state index contributed by atoms with van der Waals surface area (Å²) in [6.07, 6.45) is 1.40. The van der Waals surface area contributed by atoms with E-state index in [0.717, 1.165) is 36.0 Å². The molecule has 1 fully saturated rings. The highest BCUT2D eigenvalue weighted by Crippen LogP contribution is 2.26. The quantitative estimate of drug-likeness (QED) is 0.599. The number of hydrogen-bond donors (Lipinski definition) is 0. The third-order valence-electron chi connectivity index (χ3n) is 5.04. The molecule has 5 nitrogen and oxygen atoms in total. The minimum absolute atomic E-state index is 0.0184. The lowest BCUT2D eigenvalue weighted by Crippen LogP contribution is -2.48. The Morgan fingerprint density at radius 2 is 1.66 bits per heavy atom. The van der Waals surface area contributed by atoms with Gasteiger partial charge in [0.15, 0.2) is 5.78 Å². The molecule has 2 aromatic carbocycles. The Morgan fingerprint density at radius 3 is 2.31 bits per heavy atom. The van der Waals surface area contributed by atoms with Crippen molar-refractivity contribution in [3.05, 3.63) is 59.1 Å². The summed E-state index contributed by atoms with van der Waals surface area (Å²) in [6, 6.07) is 14.9. The van der Waals surface area contributed by atoms with Gasteiger partial charge in [0, 0.05) is 44.6 Å². The lowest BCUT2D eigenvalue weighted by Gasteiger charge is -2.36. The van der Waals surface area contributed by atoms with Gasteiger partial charge in [-0.2, -0.15) is 0 Å². The first-order valence-electron chi connectivity index (χ1n) is 10.1. The van der Waals surface area contributed by atoms with Crippen LogP contribution < -0.4 is 9.64 Å². The third-order valence-corrected chi connectivity index (χ3v) is 5.36. The van der Waals surface area contributed by atoms with Gasteiger partial charge >= 0.3 is 0 Å². The van der Waals surface area contributed by atoms with Gasteiger partial charge in [0.2, 0.25) is 5.91 Å². The summed E-state index contributed by atoms with van der Waals surface area (Å²) >= 11 is 6.27. The summed E-state index contributed by atoms with van der Waals surface area (Å²) in [5, 5.41) is 0.726. The number of ketones is 1. The van der Waals surface area contributed by atoms with Crippen LogP contribution in [0.2, 0.25) is 5.02 Å². The Bertz CT molecular complexity index is 830. The summed E-state index contributed by atoms with van der Waals surface area (Å²) in [4.78, 5) is 29.0. The number of nitrogens with zero attached hydrogens (tertiary/aromatic N) is 2. The Morgan fingerprint density at radius 1 is 0.966 bits per heavy atom. The SMILES string of the molecule is CCCOc1ccc(C(=O)CCC(=O)N2CCN(c3ccccc3Cl)CC2)cc1.